The smallest absolute Gasteiger partial charge is 0.149 e. The number of nitrogens with zero attached hydrogens (tertiary/aromatic N) is 3. The summed E-state index contributed by atoms with van der Waals surface area (Å²) in [5.41, 5.74) is 10.3. The largest absolute Gasteiger partial charge is 0.355 e. The fourth-order valence-corrected chi connectivity index (χ4v) is 5.12. The maximum atomic E-state index is 9.69. The van der Waals surface area contributed by atoms with Gasteiger partial charge in [-0.15, -0.1) is 0 Å². The van der Waals surface area contributed by atoms with Crippen molar-refractivity contribution in [2.24, 2.45) is 15.4 Å². The van der Waals surface area contributed by atoms with Gasteiger partial charge in [0, 0.05) is 27.5 Å². The fraction of sp³-hybridized carbons (Fsp3) is 0.414. The molecule has 2 aliphatic heterocycles. The molecule has 0 amide bonds. The molecule has 6 heteroatoms. The lowest BCUT2D eigenvalue weighted by atomic mass is 9.74. The highest BCUT2D eigenvalue weighted by atomic mass is 79.9. The third kappa shape index (κ3) is 4.21. The first-order valence-corrected chi connectivity index (χ1v) is 12.8. The Kier molecular flexibility index (Phi) is 6.22. The quantitative estimate of drug-likeness (QED) is 0.508. The summed E-state index contributed by atoms with van der Waals surface area (Å²) in [4.78, 5) is 16.7. The maximum Gasteiger partial charge on any atom is 0.149 e. The Hall–Kier alpha value is -2.91. The molecule has 5 nitrogen and oxygen atoms in total. The maximum absolute atomic E-state index is 9.69. The van der Waals surface area contributed by atoms with Crippen molar-refractivity contribution in [3.63, 3.8) is 0 Å². The van der Waals surface area contributed by atoms with Crippen LogP contribution in [-0.2, 0) is 0 Å². The van der Waals surface area contributed by atoms with Gasteiger partial charge in [-0.05, 0) is 122 Å². The van der Waals surface area contributed by atoms with Gasteiger partial charge in [-0.2, -0.15) is 5.26 Å². The van der Waals surface area contributed by atoms with Gasteiger partial charge in [0.1, 0.15) is 5.54 Å². The van der Waals surface area contributed by atoms with Crippen molar-refractivity contribution in [1.82, 2.24) is 9.97 Å². The van der Waals surface area contributed by atoms with E-state index in [1.807, 2.05) is 6.92 Å². The lowest BCUT2D eigenvalue weighted by molar-refractivity contribution is 0.276. The molecule has 0 aromatic carbocycles. The summed E-state index contributed by atoms with van der Waals surface area (Å²) in [6.07, 6.45) is 7.16. The van der Waals surface area contributed by atoms with Crippen LogP contribution in [-0.4, -0.2) is 26.9 Å². The molecule has 4 rings (SSSR count). The number of halogens is 1. The summed E-state index contributed by atoms with van der Waals surface area (Å²) in [6.45, 7) is 18.9. The van der Waals surface area contributed by atoms with Gasteiger partial charge in [-0.25, -0.2) is 4.99 Å². The summed E-state index contributed by atoms with van der Waals surface area (Å²) in [6, 6.07) is 2.41. The number of allylic oxidation sites excluding steroid dienone is 2. The van der Waals surface area contributed by atoms with E-state index < -0.39 is 5.54 Å². The molecule has 4 heterocycles. The molecule has 2 aromatic heterocycles. The van der Waals surface area contributed by atoms with Gasteiger partial charge in [0.15, 0.2) is 0 Å². The first-order chi connectivity index (χ1) is 16.3. The summed E-state index contributed by atoms with van der Waals surface area (Å²) in [7, 11) is 0. The molecule has 0 bridgehead atoms. The van der Waals surface area contributed by atoms with Gasteiger partial charge in [0.25, 0.3) is 0 Å². The molecule has 35 heavy (non-hydrogen) atoms. The van der Waals surface area contributed by atoms with E-state index in [0.29, 0.717) is 0 Å². The Labute approximate surface area is 216 Å². The number of nitrogens with one attached hydrogen (secondary N) is 2. The van der Waals surface area contributed by atoms with E-state index in [-0.39, 0.29) is 5.41 Å². The van der Waals surface area contributed by atoms with E-state index in [1.165, 1.54) is 33.4 Å². The summed E-state index contributed by atoms with van der Waals surface area (Å²) in [5.74, 6) is 0. The van der Waals surface area contributed by atoms with Crippen LogP contribution in [0.2, 0.25) is 0 Å². The molecule has 0 fully saturated rings. The van der Waals surface area contributed by atoms with Crippen LogP contribution in [0.3, 0.4) is 0 Å². The zero-order valence-corrected chi connectivity index (χ0v) is 23.7. The molecule has 1 atom stereocenters. The van der Waals surface area contributed by atoms with E-state index in [4.69, 9.17) is 9.98 Å². The van der Waals surface area contributed by atoms with Crippen LogP contribution < -0.4 is 10.7 Å². The van der Waals surface area contributed by atoms with Gasteiger partial charge in [-0.1, -0.05) is 13.8 Å². The van der Waals surface area contributed by atoms with Crippen molar-refractivity contribution in [3.8, 4) is 6.07 Å². The van der Waals surface area contributed by atoms with Gasteiger partial charge in [-0.3, -0.25) is 4.99 Å². The lowest BCUT2D eigenvalue weighted by Crippen LogP contribution is -2.34. The van der Waals surface area contributed by atoms with Gasteiger partial charge in [0.2, 0.25) is 0 Å². The SMILES string of the molecule is CC1=C(C)/C(=C/c2[nH]c(Br)c(C)c2C)N=C1/C=c1\[nH]/c(=C\C2=NC(C)(C#N)C(C)(C)C2)c(C)c1C. The van der Waals surface area contributed by atoms with Crippen molar-refractivity contribution in [2.45, 2.75) is 74.3 Å². The predicted molar refractivity (Wildman–Crippen MR) is 150 cm³/mol. The first kappa shape index (κ1) is 25.2. The average molecular weight is 533 g/mol. The molecule has 0 radical (unpaired) electrons. The fourth-order valence-electron chi connectivity index (χ4n) is 4.61. The minimum atomic E-state index is -0.699. The second-order valence-electron chi connectivity index (χ2n) is 10.7. The number of aromatic amines is 2. The minimum Gasteiger partial charge on any atom is -0.355 e. The van der Waals surface area contributed by atoms with E-state index in [1.54, 1.807) is 0 Å². The van der Waals surface area contributed by atoms with E-state index in [0.717, 1.165) is 44.5 Å². The standard InChI is InChI=1S/C29H34BrN5/c1-15-16(2)23(32-22(15)10-21-13-28(7,8)29(9,14-31)35-21)11-24-17(3)18(4)25(33-24)12-26-19(5)20(6)27(30)34-26/h10-12,32,34H,13H2,1-9H3/b22-10-,23-11-,25-12-. The molecular formula is C29H34BrN5. The van der Waals surface area contributed by atoms with Crippen molar-refractivity contribution < 1.29 is 0 Å². The van der Waals surface area contributed by atoms with Crippen molar-refractivity contribution >= 4 is 45.6 Å². The number of aliphatic imine (C=N–C) groups is 2. The van der Waals surface area contributed by atoms with Crippen LogP contribution in [0.15, 0.2) is 31.4 Å². The number of hydrogen-bond donors (Lipinski definition) is 2. The topological polar surface area (TPSA) is 80.1 Å². The minimum absolute atomic E-state index is 0.190. The third-order valence-corrected chi connectivity index (χ3v) is 8.94. The van der Waals surface area contributed by atoms with Crippen LogP contribution >= 0.6 is 15.9 Å². The van der Waals surface area contributed by atoms with Gasteiger partial charge >= 0.3 is 0 Å². The lowest BCUT2D eigenvalue weighted by Gasteiger charge is -2.29. The van der Waals surface area contributed by atoms with Crippen LogP contribution in [0, 0.1) is 44.4 Å². The highest BCUT2D eigenvalue weighted by molar-refractivity contribution is 9.10. The molecule has 2 aromatic rings. The Morgan fingerprint density at radius 1 is 0.857 bits per heavy atom. The molecule has 1 unspecified atom stereocenters. The third-order valence-electron chi connectivity index (χ3n) is 8.15. The average Bonchev–Trinajstić information content (AvgIpc) is 3.39. The Morgan fingerprint density at radius 3 is 2.03 bits per heavy atom. The summed E-state index contributed by atoms with van der Waals surface area (Å²) < 4.78 is 1.01. The van der Waals surface area contributed by atoms with E-state index >= 15 is 0 Å². The van der Waals surface area contributed by atoms with Crippen LogP contribution in [0.4, 0.5) is 0 Å². The van der Waals surface area contributed by atoms with Gasteiger partial charge < -0.3 is 9.97 Å². The number of rotatable bonds is 3. The zero-order valence-electron chi connectivity index (χ0n) is 22.2. The highest BCUT2D eigenvalue weighted by Gasteiger charge is 2.46. The molecule has 0 aliphatic carbocycles. The molecule has 182 valence electrons. The summed E-state index contributed by atoms with van der Waals surface area (Å²) >= 11 is 3.59. The second kappa shape index (κ2) is 8.64. The van der Waals surface area contributed by atoms with Crippen molar-refractivity contribution in [3.05, 3.63) is 60.1 Å². The number of H-pyrrole nitrogens is 2. The summed E-state index contributed by atoms with van der Waals surface area (Å²) in [5, 5.41) is 11.8. The molecule has 0 spiro atoms. The number of aromatic nitrogens is 2. The number of nitriles is 1. The van der Waals surface area contributed by atoms with Crippen LogP contribution in [0.1, 0.15) is 69.0 Å². The van der Waals surface area contributed by atoms with E-state index in [9.17, 15) is 5.26 Å². The predicted octanol–water partition coefficient (Wildman–Crippen LogP) is 5.89. The Bertz CT molecular complexity index is 1530. The zero-order chi connectivity index (χ0) is 25.9. The molecule has 0 saturated heterocycles. The van der Waals surface area contributed by atoms with Gasteiger partial charge in [0.05, 0.1) is 22.1 Å². The van der Waals surface area contributed by atoms with Crippen molar-refractivity contribution in [1.29, 1.82) is 5.26 Å². The molecule has 2 N–H and O–H groups in total. The van der Waals surface area contributed by atoms with Crippen LogP contribution in [0.25, 0.3) is 18.2 Å². The van der Waals surface area contributed by atoms with Crippen LogP contribution in [0.5, 0.6) is 0 Å². The monoisotopic (exact) mass is 531 g/mol. The molecule has 2 aliphatic rings. The molecular weight excluding hydrogens is 498 g/mol. The molecule has 0 saturated carbocycles. The Morgan fingerprint density at radius 2 is 1.49 bits per heavy atom. The van der Waals surface area contributed by atoms with E-state index in [2.05, 4.69) is 106 Å². The Balaban J connectivity index is 1.76. The highest BCUT2D eigenvalue weighted by Crippen LogP contribution is 2.42. The number of hydrogen-bond acceptors (Lipinski definition) is 3. The second-order valence-corrected chi connectivity index (χ2v) is 11.5. The van der Waals surface area contributed by atoms with Crippen molar-refractivity contribution in [2.75, 3.05) is 0 Å². The normalized spacial score (nSPS) is 24.0. The first-order valence-electron chi connectivity index (χ1n) is 12.0.